The fourth-order valence-electron chi connectivity index (χ4n) is 1.76. The largest absolute Gasteiger partial charge is 0.247 e. The quantitative estimate of drug-likeness (QED) is 0.753. The van der Waals surface area contributed by atoms with Crippen LogP contribution in [0.3, 0.4) is 0 Å². The van der Waals surface area contributed by atoms with E-state index >= 15 is 0 Å². The first-order valence-electron chi connectivity index (χ1n) is 5.23. The molecule has 0 amide bonds. The van der Waals surface area contributed by atoms with Gasteiger partial charge in [0, 0.05) is 5.02 Å². The highest BCUT2D eigenvalue weighted by Gasteiger charge is 2.34. The lowest BCUT2D eigenvalue weighted by Crippen LogP contribution is -2.24. The molecule has 0 heterocycles. The molecule has 3 heteroatoms. The molecule has 0 fully saturated rings. The van der Waals surface area contributed by atoms with Crippen molar-refractivity contribution in [3.8, 4) is 0 Å². The van der Waals surface area contributed by atoms with Crippen molar-refractivity contribution in [1.29, 1.82) is 0 Å². The van der Waals surface area contributed by atoms with Gasteiger partial charge in [0.15, 0.2) is 5.67 Å². The zero-order chi connectivity index (χ0) is 12.3. The summed E-state index contributed by atoms with van der Waals surface area (Å²) in [6.45, 7) is -1.11. The van der Waals surface area contributed by atoms with Crippen LogP contribution in [0.1, 0.15) is 11.1 Å². The van der Waals surface area contributed by atoms with E-state index in [0.29, 0.717) is 10.6 Å². The highest BCUT2D eigenvalue weighted by atomic mass is 35.5. The Bertz CT molecular complexity index is 499. The van der Waals surface area contributed by atoms with Gasteiger partial charge in [-0.05, 0) is 23.3 Å². The number of benzene rings is 2. The summed E-state index contributed by atoms with van der Waals surface area (Å²) in [7, 11) is 0. The molecule has 1 atom stereocenters. The first-order valence-corrected chi connectivity index (χ1v) is 5.61. The zero-order valence-corrected chi connectivity index (χ0v) is 9.79. The molecule has 0 saturated carbocycles. The molecule has 17 heavy (non-hydrogen) atoms. The molecule has 0 radical (unpaired) electrons. The molecule has 0 aliphatic rings. The summed E-state index contributed by atoms with van der Waals surface area (Å²) < 4.78 is 27.9. The van der Waals surface area contributed by atoms with Gasteiger partial charge >= 0.3 is 0 Å². The van der Waals surface area contributed by atoms with Crippen LogP contribution in [0.25, 0.3) is 0 Å². The molecule has 0 aliphatic heterocycles. The lowest BCUT2D eigenvalue weighted by molar-refractivity contribution is 0.167. The summed E-state index contributed by atoms with van der Waals surface area (Å²) in [5.41, 5.74) is -1.60. The Kier molecular flexibility index (Phi) is 3.43. The van der Waals surface area contributed by atoms with Gasteiger partial charge in [0.1, 0.15) is 6.67 Å². The average Bonchev–Trinajstić information content (AvgIpc) is 2.39. The van der Waals surface area contributed by atoms with Crippen molar-refractivity contribution in [2.24, 2.45) is 0 Å². The summed E-state index contributed by atoms with van der Waals surface area (Å²) in [5.74, 6) is 0. The minimum Gasteiger partial charge on any atom is -0.247 e. The Morgan fingerprint density at radius 2 is 1.59 bits per heavy atom. The van der Waals surface area contributed by atoms with Crippen molar-refractivity contribution in [2.75, 3.05) is 6.67 Å². The molecule has 88 valence electrons. The third-order valence-electron chi connectivity index (χ3n) is 2.70. The highest BCUT2D eigenvalue weighted by molar-refractivity contribution is 6.30. The average molecular weight is 253 g/mol. The monoisotopic (exact) mass is 252 g/mol. The van der Waals surface area contributed by atoms with E-state index in [1.165, 1.54) is 6.07 Å². The first kappa shape index (κ1) is 12.1. The lowest BCUT2D eigenvalue weighted by Gasteiger charge is -2.23. The van der Waals surface area contributed by atoms with Crippen LogP contribution in [-0.2, 0) is 5.67 Å². The molecular formula is C14H11ClF2. The molecule has 0 aromatic heterocycles. The summed E-state index contributed by atoms with van der Waals surface area (Å²) >= 11 is 5.81. The molecule has 0 nitrogen and oxygen atoms in total. The van der Waals surface area contributed by atoms with Crippen molar-refractivity contribution in [1.82, 2.24) is 0 Å². The maximum atomic E-state index is 14.7. The predicted octanol–water partition coefficient (Wildman–Crippen LogP) is 4.52. The fourth-order valence-corrected chi connectivity index (χ4v) is 1.95. The van der Waals surface area contributed by atoms with Gasteiger partial charge in [-0.15, -0.1) is 0 Å². The van der Waals surface area contributed by atoms with Crippen LogP contribution in [0.4, 0.5) is 8.78 Å². The molecule has 0 bridgehead atoms. The van der Waals surface area contributed by atoms with Gasteiger partial charge in [0.05, 0.1) is 0 Å². The molecule has 0 N–H and O–H groups in total. The van der Waals surface area contributed by atoms with Crippen LogP contribution < -0.4 is 0 Å². The van der Waals surface area contributed by atoms with Crippen LogP contribution in [0.15, 0.2) is 54.6 Å². The van der Waals surface area contributed by atoms with Crippen molar-refractivity contribution in [2.45, 2.75) is 5.67 Å². The normalized spacial score (nSPS) is 14.3. The van der Waals surface area contributed by atoms with Gasteiger partial charge < -0.3 is 0 Å². The molecule has 1 unspecified atom stereocenters. The molecule has 0 saturated heterocycles. The van der Waals surface area contributed by atoms with E-state index in [1.54, 1.807) is 48.5 Å². The highest BCUT2D eigenvalue weighted by Crippen LogP contribution is 2.35. The van der Waals surface area contributed by atoms with Crippen LogP contribution >= 0.6 is 11.6 Å². The van der Waals surface area contributed by atoms with E-state index in [-0.39, 0.29) is 5.56 Å². The lowest BCUT2D eigenvalue weighted by atomic mass is 9.89. The number of alkyl halides is 2. The summed E-state index contributed by atoms with van der Waals surface area (Å²) in [6.07, 6.45) is 0. The van der Waals surface area contributed by atoms with Gasteiger partial charge in [-0.2, -0.15) is 0 Å². The maximum Gasteiger partial charge on any atom is 0.189 e. The van der Waals surface area contributed by atoms with E-state index in [2.05, 4.69) is 0 Å². The molecule has 2 aromatic carbocycles. The van der Waals surface area contributed by atoms with E-state index in [9.17, 15) is 8.78 Å². The second-order valence-electron chi connectivity index (χ2n) is 3.81. The van der Waals surface area contributed by atoms with Gasteiger partial charge in [-0.25, -0.2) is 8.78 Å². The van der Waals surface area contributed by atoms with Crippen molar-refractivity contribution >= 4 is 11.6 Å². The minimum absolute atomic E-state index is 0.235. The molecule has 2 rings (SSSR count). The Balaban J connectivity index is 2.52. The van der Waals surface area contributed by atoms with Crippen LogP contribution in [-0.4, -0.2) is 6.67 Å². The van der Waals surface area contributed by atoms with Crippen LogP contribution in [0, 0.1) is 0 Å². The van der Waals surface area contributed by atoms with Gasteiger partial charge in [-0.3, -0.25) is 0 Å². The molecule has 0 spiro atoms. The predicted molar refractivity (Wildman–Crippen MR) is 65.8 cm³/mol. The summed E-state index contributed by atoms with van der Waals surface area (Å²) in [4.78, 5) is 0. The topological polar surface area (TPSA) is 0 Å². The van der Waals surface area contributed by atoms with E-state index in [1.807, 2.05) is 0 Å². The number of hydrogen-bond acceptors (Lipinski definition) is 0. The molecular weight excluding hydrogens is 242 g/mol. The van der Waals surface area contributed by atoms with Crippen molar-refractivity contribution in [3.63, 3.8) is 0 Å². The summed E-state index contributed by atoms with van der Waals surface area (Å²) in [5, 5.41) is 0.397. The SMILES string of the molecule is FCC(F)(c1ccccc1)c1cccc(Cl)c1. The fraction of sp³-hybridized carbons (Fsp3) is 0.143. The van der Waals surface area contributed by atoms with Crippen LogP contribution in [0.5, 0.6) is 0 Å². The zero-order valence-electron chi connectivity index (χ0n) is 9.04. The second kappa shape index (κ2) is 4.84. The Labute approximate surface area is 104 Å². The number of rotatable bonds is 3. The Hall–Kier alpha value is -1.41. The third kappa shape index (κ3) is 2.32. The Morgan fingerprint density at radius 1 is 0.941 bits per heavy atom. The van der Waals surface area contributed by atoms with Crippen molar-refractivity contribution < 1.29 is 8.78 Å². The number of halogens is 3. The smallest absolute Gasteiger partial charge is 0.189 e. The van der Waals surface area contributed by atoms with E-state index in [0.717, 1.165) is 0 Å². The van der Waals surface area contributed by atoms with Gasteiger partial charge in [0.25, 0.3) is 0 Å². The molecule has 0 aliphatic carbocycles. The summed E-state index contributed by atoms with van der Waals surface area (Å²) in [6, 6.07) is 14.5. The molecule has 2 aromatic rings. The van der Waals surface area contributed by atoms with E-state index < -0.39 is 12.3 Å². The maximum absolute atomic E-state index is 14.7. The van der Waals surface area contributed by atoms with E-state index in [4.69, 9.17) is 11.6 Å². The minimum atomic E-state index is -2.13. The third-order valence-corrected chi connectivity index (χ3v) is 2.93. The standard InChI is InChI=1S/C14H11ClF2/c15-13-8-4-7-12(9-13)14(17,10-16)11-5-2-1-3-6-11/h1-9H,10H2. The van der Waals surface area contributed by atoms with Gasteiger partial charge in [-0.1, -0.05) is 54.1 Å². The second-order valence-corrected chi connectivity index (χ2v) is 4.25. The van der Waals surface area contributed by atoms with Gasteiger partial charge in [0.2, 0.25) is 0 Å². The first-order chi connectivity index (χ1) is 8.16. The number of hydrogen-bond donors (Lipinski definition) is 0. The van der Waals surface area contributed by atoms with Crippen molar-refractivity contribution in [3.05, 3.63) is 70.7 Å². The Morgan fingerprint density at radius 3 is 2.18 bits per heavy atom. The van der Waals surface area contributed by atoms with Crippen LogP contribution in [0.2, 0.25) is 5.02 Å².